The van der Waals surface area contributed by atoms with Gasteiger partial charge < -0.3 is 20.1 Å². The van der Waals surface area contributed by atoms with Gasteiger partial charge in [-0.15, -0.1) is 24.0 Å². The fourth-order valence-corrected chi connectivity index (χ4v) is 1.93. The molecular weight excluding hydrogens is 405 g/mol. The van der Waals surface area contributed by atoms with Crippen LogP contribution in [0.15, 0.2) is 29.3 Å². The largest absolute Gasteiger partial charge is 0.493 e. The molecule has 0 aliphatic carbocycles. The van der Waals surface area contributed by atoms with Gasteiger partial charge in [0, 0.05) is 40.3 Å². The number of hydrogen-bond acceptors (Lipinski definition) is 3. The molecule has 0 aromatic heterocycles. The topological polar surface area (TPSA) is 54.9 Å². The molecule has 5 nitrogen and oxygen atoms in total. The van der Waals surface area contributed by atoms with E-state index in [4.69, 9.17) is 9.47 Å². The van der Waals surface area contributed by atoms with E-state index in [9.17, 15) is 0 Å². The van der Waals surface area contributed by atoms with E-state index in [0.29, 0.717) is 6.61 Å². The number of hydrogen-bond donors (Lipinski definition) is 2. The monoisotopic (exact) mass is 435 g/mol. The maximum Gasteiger partial charge on any atom is 0.191 e. The number of nitrogens with one attached hydrogen (secondary N) is 2. The lowest BCUT2D eigenvalue weighted by atomic mass is 10.2. The van der Waals surface area contributed by atoms with Crippen LogP contribution in [0.2, 0.25) is 0 Å². The van der Waals surface area contributed by atoms with Gasteiger partial charge >= 0.3 is 0 Å². The van der Waals surface area contributed by atoms with Gasteiger partial charge in [0.25, 0.3) is 0 Å². The van der Waals surface area contributed by atoms with Gasteiger partial charge in [-0.1, -0.05) is 25.5 Å². The average molecular weight is 435 g/mol. The fourth-order valence-electron chi connectivity index (χ4n) is 1.93. The Morgan fingerprint density at radius 3 is 2.70 bits per heavy atom. The minimum atomic E-state index is 0. The van der Waals surface area contributed by atoms with Crippen LogP contribution in [-0.2, 0) is 11.3 Å². The van der Waals surface area contributed by atoms with Crippen molar-refractivity contribution in [1.29, 1.82) is 0 Å². The first-order valence-electron chi connectivity index (χ1n) is 7.95. The quantitative estimate of drug-likeness (QED) is 0.257. The van der Waals surface area contributed by atoms with Crippen molar-refractivity contribution in [2.75, 3.05) is 33.9 Å². The van der Waals surface area contributed by atoms with Crippen LogP contribution in [0.3, 0.4) is 0 Å². The Kier molecular flexibility index (Phi) is 13.9. The van der Waals surface area contributed by atoms with Crippen LogP contribution in [-0.4, -0.2) is 39.9 Å². The number of rotatable bonds is 10. The van der Waals surface area contributed by atoms with E-state index in [1.165, 1.54) is 12.0 Å². The summed E-state index contributed by atoms with van der Waals surface area (Å²) in [5, 5.41) is 6.61. The molecule has 0 saturated carbocycles. The van der Waals surface area contributed by atoms with Crippen molar-refractivity contribution in [2.24, 2.45) is 4.99 Å². The molecule has 0 amide bonds. The van der Waals surface area contributed by atoms with E-state index in [1.807, 2.05) is 12.1 Å². The molecule has 0 unspecified atom stereocenters. The summed E-state index contributed by atoms with van der Waals surface area (Å²) < 4.78 is 10.7. The lowest BCUT2D eigenvalue weighted by molar-refractivity contribution is 0.172. The molecule has 1 aromatic rings. The zero-order chi connectivity index (χ0) is 16.0. The van der Waals surface area contributed by atoms with Gasteiger partial charge in [-0.3, -0.25) is 4.99 Å². The zero-order valence-electron chi connectivity index (χ0n) is 14.4. The molecule has 0 aliphatic heterocycles. The van der Waals surface area contributed by atoms with E-state index in [1.54, 1.807) is 14.2 Å². The predicted molar refractivity (Wildman–Crippen MR) is 107 cm³/mol. The maximum atomic E-state index is 5.71. The van der Waals surface area contributed by atoms with Crippen LogP contribution in [0, 0.1) is 0 Å². The molecule has 0 spiro atoms. The van der Waals surface area contributed by atoms with E-state index >= 15 is 0 Å². The molecule has 0 fully saturated rings. The van der Waals surface area contributed by atoms with Gasteiger partial charge in [0.2, 0.25) is 0 Å². The highest BCUT2D eigenvalue weighted by molar-refractivity contribution is 14.0. The van der Waals surface area contributed by atoms with Crippen molar-refractivity contribution in [3.05, 3.63) is 29.8 Å². The molecule has 2 N–H and O–H groups in total. The van der Waals surface area contributed by atoms with Gasteiger partial charge in [-0.25, -0.2) is 0 Å². The second kappa shape index (κ2) is 14.6. The van der Waals surface area contributed by atoms with Gasteiger partial charge in [0.05, 0.1) is 6.61 Å². The molecule has 0 atom stereocenters. The Morgan fingerprint density at radius 2 is 2.00 bits per heavy atom. The molecule has 0 heterocycles. The van der Waals surface area contributed by atoms with E-state index in [-0.39, 0.29) is 24.0 Å². The first-order valence-corrected chi connectivity index (χ1v) is 7.95. The summed E-state index contributed by atoms with van der Waals surface area (Å²) in [4.78, 5) is 4.22. The molecule has 0 bridgehead atoms. The van der Waals surface area contributed by atoms with Gasteiger partial charge in [-0.2, -0.15) is 0 Å². The van der Waals surface area contributed by atoms with E-state index in [0.717, 1.165) is 44.2 Å². The Hall–Kier alpha value is -1.02. The van der Waals surface area contributed by atoms with Gasteiger partial charge in [-0.05, 0) is 24.1 Å². The lowest BCUT2D eigenvalue weighted by Gasteiger charge is -2.12. The highest BCUT2D eigenvalue weighted by atomic mass is 127. The van der Waals surface area contributed by atoms with Crippen molar-refractivity contribution >= 4 is 29.9 Å². The Labute approximate surface area is 157 Å². The minimum Gasteiger partial charge on any atom is -0.493 e. The summed E-state index contributed by atoms with van der Waals surface area (Å²) in [7, 11) is 3.49. The number of unbranched alkanes of at least 4 members (excludes halogenated alkanes) is 1. The fraction of sp³-hybridized carbons (Fsp3) is 0.588. The van der Waals surface area contributed by atoms with Crippen molar-refractivity contribution in [2.45, 2.75) is 32.7 Å². The van der Waals surface area contributed by atoms with Crippen LogP contribution >= 0.6 is 24.0 Å². The third kappa shape index (κ3) is 10.4. The number of halogens is 1. The van der Waals surface area contributed by atoms with Gasteiger partial charge in [0.1, 0.15) is 5.75 Å². The van der Waals surface area contributed by atoms with Crippen LogP contribution in [0.1, 0.15) is 31.7 Å². The summed E-state index contributed by atoms with van der Waals surface area (Å²) >= 11 is 0. The molecule has 1 rings (SSSR count). The van der Waals surface area contributed by atoms with Crippen molar-refractivity contribution in [3.63, 3.8) is 0 Å². The molecular formula is C17H30IN3O2. The summed E-state index contributed by atoms with van der Waals surface area (Å²) in [6.07, 6.45) is 3.21. The molecule has 132 valence electrons. The van der Waals surface area contributed by atoms with E-state index in [2.05, 4.69) is 34.7 Å². The molecule has 23 heavy (non-hydrogen) atoms. The number of methoxy groups -OCH3 is 1. The standard InChI is InChI=1S/C17H29N3O2.HI/c1-4-5-10-19-17(18-2)20-14-15-8-6-9-16(13-15)22-12-7-11-21-3;/h6,8-9,13H,4-5,7,10-12,14H2,1-3H3,(H2,18,19,20);1H. The lowest BCUT2D eigenvalue weighted by Crippen LogP contribution is -2.37. The summed E-state index contributed by atoms with van der Waals surface area (Å²) in [6.45, 7) is 5.24. The average Bonchev–Trinajstić information content (AvgIpc) is 2.55. The first kappa shape index (κ1) is 22.0. The number of ether oxygens (including phenoxy) is 2. The first-order chi connectivity index (χ1) is 10.8. The third-order valence-electron chi connectivity index (χ3n) is 3.17. The third-order valence-corrected chi connectivity index (χ3v) is 3.17. The number of guanidine groups is 1. The minimum absolute atomic E-state index is 0. The Balaban J connectivity index is 0.00000484. The number of aliphatic imine (C=N–C) groups is 1. The summed E-state index contributed by atoms with van der Waals surface area (Å²) in [6, 6.07) is 8.12. The van der Waals surface area contributed by atoms with Gasteiger partial charge in [0.15, 0.2) is 5.96 Å². The molecule has 0 aliphatic rings. The van der Waals surface area contributed by atoms with Crippen LogP contribution < -0.4 is 15.4 Å². The SMILES string of the molecule is CCCCNC(=NC)NCc1cccc(OCCCOC)c1.I. The predicted octanol–water partition coefficient (Wildman–Crippen LogP) is 3.19. The summed E-state index contributed by atoms with van der Waals surface area (Å²) in [5.41, 5.74) is 1.17. The maximum absolute atomic E-state index is 5.71. The van der Waals surface area contributed by atoms with Crippen LogP contribution in [0.5, 0.6) is 5.75 Å². The Bertz CT molecular complexity index is 442. The van der Waals surface area contributed by atoms with Crippen LogP contribution in [0.25, 0.3) is 0 Å². The smallest absolute Gasteiger partial charge is 0.191 e. The normalized spacial score (nSPS) is 10.8. The number of nitrogens with zero attached hydrogens (tertiary/aromatic N) is 1. The summed E-state index contributed by atoms with van der Waals surface area (Å²) in [5.74, 6) is 1.73. The molecule has 6 heteroatoms. The van der Waals surface area contributed by atoms with E-state index < -0.39 is 0 Å². The van der Waals surface area contributed by atoms with Crippen molar-refractivity contribution < 1.29 is 9.47 Å². The zero-order valence-corrected chi connectivity index (χ0v) is 16.8. The second-order valence-electron chi connectivity index (χ2n) is 5.05. The highest BCUT2D eigenvalue weighted by Crippen LogP contribution is 2.13. The van der Waals surface area contributed by atoms with Crippen LogP contribution in [0.4, 0.5) is 0 Å². The number of benzene rings is 1. The second-order valence-corrected chi connectivity index (χ2v) is 5.05. The highest BCUT2D eigenvalue weighted by Gasteiger charge is 2.00. The molecule has 0 saturated heterocycles. The van der Waals surface area contributed by atoms with Crippen molar-refractivity contribution in [3.8, 4) is 5.75 Å². The molecule has 1 aromatic carbocycles. The Morgan fingerprint density at radius 1 is 1.17 bits per heavy atom. The molecule has 0 radical (unpaired) electrons. The van der Waals surface area contributed by atoms with Crippen molar-refractivity contribution in [1.82, 2.24) is 10.6 Å².